The highest BCUT2D eigenvalue weighted by atomic mass is 32.2. The lowest BCUT2D eigenvalue weighted by molar-refractivity contribution is 0.318. The average Bonchev–Trinajstić information content (AvgIpc) is 2.38. The first-order chi connectivity index (χ1) is 8.65. The number of hydrogen-bond donors (Lipinski definition) is 1. The summed E-state index contributed by atoms with van der Waals surface area (Å²) in [7, 11) is 0. The fourth-order valence-electron chi connectivity index (χ4n) is 2.40. The fraction of sp³-hybridized carbons (Fsp3) is 0.625. The van der Waals surface area contributed by atoms with Gasteiger partial charge in [0.15, 0.2) is 0 Å². The monoisotopic (exact) mass is 282 g/mol. The Morgan fingerprint density at radius 1 is 1.06 bits per heavy atom. The molecule has 0 unspecified atom stereocenters. The Bertz CT molecular complexity index is 323. The molecule has 2 heteroatoms. The van der Waals surface area contributed by atoms with E-state index in [-0.39, 0.29) is 0 Å². The second-order valence-corrected chi connectivity index (χ2v) is 6.62. The van der Waals surface area contributed by atoms with Crippen LogP contribution in [-0.4, -0.2) is 11.5 Å². The highest BCUT2D eigenvalue weighted by molar-refractivity contribution is 7.99. The molecule has 18 heavy (non-hydrogen) atoms. The molecule has 0 radical (unpaired) electrons. The van der Waals surface area contributed by atoms with Gasteiger partial charge in [0, 0.05) is 10.6 Å². The second-order valence-electron chi connectivity index (χ2n) is 5.26. The van der Waals surface area contributed by atoms with Crippen LogP contribution in [0.25, 0.3) is 0 Å². The summed E-state index contributed by atoms with van der Waals surface area (Å²) >= 11 is 6.61. The summed E-state index contributed by atoms with van der Waals surface area (Å²) in [5, 5.41) is 0. The van der Waals surface area contributed by atoms with Gasteiger partial charge in [-0.3, -0.25) is 0 Å². The first-order valence-electron chi connectivity index (χ1n) is 6.96. The minimum atomic E-state index is 0.419. The predicted molar refractivity (Wildman–Crippen MR) is 88.0 cm³/mol. The van der Waals surface area contributed by atoms with Gasteiger partial charge in [-0.2, -0.15) is 12.6 Å². The molecule has 0 spiro atoms. The summed E-state index contributed by atoms with van der Waals surface area (Å²) in [5.41, 5.74) is 1.75. The van der Waals surface area contributed by atoms with Crippen molar-refractivity contribution in [2.45, 2.75) is 51.3 Å². The zero-order valence-corrected chi connectivity index (χ0v) is 13.6. The Balaban J connectivity index is 2.63. The number of thiol groups is 1. The van der Waals surface area contributed by atoms with E-state index in [4.69, 9.17) is 0 Å². The maximum absolute atomic E-state index is 4.62. The normalized spacial score (nSPS) is 11.8. The summed E-state index contributed by atoms with van der Waals surface area (Å²) < 4.78 is 0. The highest BCUT2D eigenvalue weighted by Crippen LogP contribution is 2.37. The van der Waals surface area contributed by atoms with E-state index in [1.165, 1.54) is 41.9 Å². The van der Waals surface area contributed by atoms with Crippen molar-refractivity contribution in [1.82, 2.24) is 0 Å². The lowest BCUT2D eigenvalue weighted by Crippen LogP contribution is -2.25. The van der Waals surface area contributed by atoms with Gasteiger partial charge < -0.3 is 0 Å². The molecule has 0 aromatic heterocycles. The minimum Gasteiger partial charge on any atom is -0.179 e. The highest BCUT2D eigenvalue weighted by Gasteiger charge is 2.26. The van der Waals surface area contributed by atoms with Gasteiger partial charge >= 0.3 is 0 Å². The van der Waals surface area contributed by atoms with Crippen molar-refractivity contribution in [3.8, 4) is 0 Å². The first kappa shape index (κ1) is 16.0. The van der Waals surface area contributed by atoms with Crippen molar-refractivity contribution in [3.63, 3.8) is 0 Å². The zero-order chi connectivity index (χ0) is 13.4. The number of thioether (sulfide) groups is 1. The quantitative estimate of drug-likeness (QED) is 0.478. The van der Waals surface area contributed by atoms with Gasteiger partial charge in [0.1, 0.15) is 0 Å². The number of rotatable bonds is 8. The van der Waals surface area contributed by atoms with Crippen molar-refractivity contribution in [2.75, 3.05) is 11.5 Å². The average molecular weight is 283 g/mol. The van der Waals surface area contributed by atoms with Crippen LogP contribution in [0.2, 0.25) is 0 Å². The molecule has 102 valence electrons. The van der Waals surface area contributed by atoms with Crippen LogP contribution in [-0.2, 0) is 0 Å². The van der Waals surface area contributed by atoms with E-state index in [0.29, 0.717) is 5.41 Å². The number of hydrogen-bond acceptors (Lipinski definition) is 2. The fourth-order valence-corrected chi connectivity index (χ4v) is 4.18. The Kier molecular flexibility index (Phi) is 7.25. The van der Waals surface area contributed by atoms with E-state index in [2.05, 4.69) is 57.7 Å². The molecule has 1 aromatic rings. The van der Waals surface area contributed by atoms with Crippen LogP contribution < -0.4 is 0 Å². The third kappa shape index (κ3) is 4.89. The van der Waals surface area contributed by atoms with Gasteiger partial charge in [0.2, 0.25) is 0 Å². The van der Waals surface area contributed by atoms with Gasteiger partial charge in [-0.15, -0.1) is 11.8 Å². The summed E-state index contributed by atoms with van der Waals surface area (Å²) in [4.78, 5) is 1.39. The van der Waals surface area contributed by atoms with Crippen LogP contribution in [0.5, 0.6) is 0 Å². The van der Waals surface area contributed by atoms with E-state index in [0.717, 1.165) is 5.75 Å². The molecule has 1 aromatic carbocycles. The summed E-state index contributed by atoms with van der Waals surface area (Å²) in [6, 6.07) is 8.87. The molecule has 0 amide bonds. The predicted octanol–water partition coefficient (Wildman–Crippen LogP) is 5.60. The molecule has 0 aliphatic rings. The molecular weight excluding hydrogens is 256 g/mol. The van der Waals surface area contributed by atoms with Crippen molar-refractivity contribution in [2.24, 2.45) is 5.41 Å². The molecule has 0 bridgehead atoms. The van der Waals surface area contributed by atoms with Crippen LogP contribution in [0, 0.1) is 12.3 Å². The summed E-state index contributed by atoms with van der Waals surface area (Å²) in [6.45, 7) is 6.70. The SMILES string of the molecule is CCCC(CS)(CCC)CSc1ccc(C)cc1. The molecule has 0 heterocycles. The molecule has 0 nitrogen and oxygen atoms in total. The smallest absolute Gasteiger partial charge is 0.00723 e. The molecule has 0 saturated heterocycles. The molecule has 0 atom stereocenters. The van der Waals surface area contributed by atoms with Crippen molar-refractivity contribution >= 4 is 24.4 Å². The van der Waals surface area contributed by atoms with Crippen molar-refractivity contribution in [1.29, 1.82) is 0 Å². The van der Waals surface area contributed by atoms with E-state index < -0.39 is 0 Å². The third-order valence-electron chi connectivity index (χ3n) is 3.46. The van der Waals surface area contributed by atoms with E-state index >= 15 is 0 Å². The molecule has 1 rings (SSSR count). The van der Waals surface area contributed by atoms with Gasteiger partial charge in [0.25, 0.3) is 0 Å². The lowest BCUT2D eigenvalue weighted by atomic mass is 9.83. The van der Waals surface area contributed by atoms with E-state index in [1.54, 1.807) is 0 Å². The van der Waals surface area contributed by atoms with Gasteiger partial charge in [-0.25, -0.2) is 0 Å². The maximum Gasteiger partial charge on any atom is 0.00723 e. The number of benzene rings is 1. The minimum absolute atomic E-state index is 0.419. The van der Waals surface area contributed by atoms with Crippen molar-refractivity contribution in [3.05, 3.63) is 29.8 Å². The zero-order valence-electron chi connectivity index (χ0n) is 11.9. The van der Waals surface area contributed by atoms with Gasteiger partial charge in [0.05, 0.1) is 0 Å². The first-order valence-corrected chi connectivity index (χ1v) is 8.58. The maximum atomic E-state index is 4.62. The van der Waals surface area contributed by atoms with Crippen LogP contribution in [0.4, 0.5) is 0 Å². The van der Waals surface area contributed by atoms with Crippen LogP contribution in [0.3, 0.4) is 0 Å². The summed E-state index contributed by atoms with van der Waals surface area (Å²) in [6.07, 6.45) is 5.11. The van der Waals surface area contributed by atoms with Crippen LogP contribution >= 0.6 is 24.4 Å². The lowest BCUT2D eigenvalue weighted by Gasteiger charge is -2.31. The summed E-state index contributed by atoms with van der Waals surface area (Å²) in [5.74, 6) is 2.20. The molecule has 0 fully saturated rings. The van der Waals surface area contributed by atoms with Crippen LogP contribution in [0.15, 0.2) is 29.2 Å². The van der Waals surface area contributed by atoms with Gasteiger partial charge in [-0.1, -0.05) is 44.4 Å². The Morgan fingerprint density at radius 3 is 2.06 bits per heavy atom. The van der Waals surface area contributed by atoms with E-state index in [9.17, 15) is 0 Å². The Hall–Kier alpha value is -0.0800. The van der Waals surface area contributed by atoms with Gasteiger partial charge in [-0.05, 0) is 43.1 Å². The molecule has 0 N–H and O–H groups in total. The Labute approximate surface area is 122 Å². The third-order valence-corrected chi connectivity index (χ3v) is 5.50. The van der Waals surface area contributed by atoms with E-state index in [1.807, 2.05) is 11.8 Å². The van der Waals surface area contributed by atoms with Crippen LogP contribution in [0.1, 0.15) is 45.1 Å². The standard InChI is InChI=1S/C16H26S2/c1-4-10-16(12-17,11-5-2)13-18-15-8-6-14(3)7-9-15/h6-9,17H,4-5,10-13H2,1-3H3. The molecule has 0 aliphatic heterocycles. The second kappa shape index (κ2) is 8.16. The topological polar surface area (TPSA) is 0 Å². The van der Waals surface area contributed by atoms with Crippen molar-refractivity contribution < 1.29 is 0 Å². The molecular formula is C16H26S2. The molecule has 0 saturated carbocycles. The number of aryl methyl sites for hydroxylation is 1. The molecule has 0 aliphatic carbocycles. The largest absolute Gasteiger partial charge is 0.179 e. The Morgan fingerprint density at radius 2 is 1.61 bits per heavy atom.